The van der Waals surface area contributed by atoms with E-state index >= 15 is 0 Å². The predicted octanol–water partition coefficient (Wildman–Crippen LogP) is 2.88. The highest BCUT2D eigenvalue weighted by atomic mass is 14.6. The summed E-state index contributed by atoms with van der Waals surface area (Å²) in [4.78, 5) is 0. The smallest absolute Gasteiger partial charge is 0.0332 e. The molecule has 0 amide bonds. The Bertz CT molecular complexity index is 302. The SMILES string of the molecule is C=CC[C@@H](N)c1ccc(C)cc1C. The number of nitrogens with two attached hydrogens (primary N) is 1. The molecule has 0 saturated carbocycles. The van der Waals surface area contributed by atoms with Gasteiger partial charge in [-0.2, -0.15) is 0 Å². The molecule has 0 aliphatic rings. The number of aryl methyl sites for hydroxylation is 2. The van der Waals surface area contributed by atoms with Crippen LogP contribution in [0, 0.1) is 13.8 Å². The molecule has 0 aromatic heterocycles. The maximum atomic E-state index is 5.99. The monoisotopic (exact) mass is 175 g/mol. The lowest BCUT2D eigenvalue weighted by Gasteiger charge is -2.13. The third-order valence-electron chi connectivity index (χ3n) is 2.25. The Labute approximate surface area is 80.3 Å². The summed E-state index contributed by atoms with van der Waals surface area (Å²) in [5, 5.41) is 0. The molecule has 0 radical (unpaired) electrons. The van der Waals surface area contributed by atoms with Gasteiger partial charge in [-0.25, -0.2) is 0 Å². The summed E-state index contributed by atoms with van der Waals surface area (Å²) in [5.41, 5.74) is 9.77. The molecule has 0 heterocycles. The molecule has 0 spiro atoms. The van der Waals surface area contributed by atoms with E-state index in [1.807, 2.05) is 6.08 Å². The average Bonchev–Trinajstić information content (AvgIpc) is 2.04. The van der Waals surface area contributed by atoms with Gasteiger partial charge in [-0.05, 0) is 31.4 Å². The summed E-state index contributed by atoms with van der Waals surface area (Å²) >= 11 is 0. The number of hydrogen-bond donors (Lipinski definition) is 1. The predicted molar refractivity (Wildman–Crippen MR) is 57.7 cm³/mol. The van der Waals surface area contributed by atoms with Gasteiger partial charge in [0, 0.05) is 6.04 Å². The van der Waals surface area contributed by atoms with E-state index in [9.17, 15) is 0 Å². The van der Waals surface area contributed by atoms with E-state index in [1.165, 1.54) is 16.7 Å². The van der Waals surface area contributed by atoms with Crippen LogP contribution in [0.1, 0.15) is 29.2 Å². The zero-order valence-electron chi connectivity index (χ0n) is 8.38. The van der Waals surface area contributed by atoms with Crippen LogP contribution in [0.3, 0.4) is 0 Å². The van der Waals surface area contributed by atoms with Gasteiger partial charge in [0.05, 0.1) is 0 Å². The van der Waals surface area contributed by atoms with Gasteiger partial charge in [-0.15, -0.1) is 6.58 Å². The van der Waals surface area contributed by atoms with E-state index < -0.39 is 0 Å². The molecule has 1 rings (SSSR count). The quantitative estimate of drug-likeness (QED) is 0.702. The van der Waals surface area contributed by atoms with E-state index in [0.717, 1.165) is 6.42 Å². The van der Waals surface area contributed by atoms with Crippen molar-refractivity contribution < 1.29 is 0 Å². The largest absolute Gasteiger partial charge is 0.324 e. The van der Waals surface area contributed by atoms with Gasteiger partial charge < -0.3 is 5.73 Å². The van der Waals surface area contributed by atoms with Crippen molar-refractivity contribution in [3.05, 3.63) is 47.5 Å². The van der Waals surface area contributed by atoms with Crippen molar-refractivity contribution in [3.8, 4) is 0 Å². The molecule has 0 aliphatic heterocycles. The van der Waals surface area contributed by atoms with Gasteiger partial charge in [-0.3, -0.25) is 0 Å². The van der Waals surface area contributed by atoms with E-state index in [0.29, 0.717) is 0 Å². The number of rotatable bonds is 3. The average molecular weight is 175 g/mol. The Kier molecular flexibility index (Phi) is 3.26. The fourth-order valence-corrected chi connectivity index (χ4v) is 1.55. The lowest BCUT2D eigenvalue weighted by atomic mass is 9.98. The van der Waals surface area contributed by atoms with Crippen LogP contribution in [0.15, 0.2) is 30.9 Å². The lowest BCUT2D eigenvalue weighted by Crippen LogP contribution is -2.10. The molecule has 1 heteroatoms. The van der Waals surface area contributed by atoms with Crippen LogP contribution in [0.2, 0.25) is 0 Å². The molecule has 13 heavy (non-hydrogen) atoms. The highest BCUT2D eigenvalue weighted by Gasteiger charge is 2.06. The second-order valence-corrected chi connectivity index (χ2v) is 3.49. The standard InChI is InChI=1S/C12H17N/c1-4-5-12(13)11-7-6-9(2)8-10(11)3/h4,6-8,12H,1,5,13H2,2-3H3/t12-/m1/s1. The third kappa shape index (κ3) is 2.43. The molecule has 1 nitrogen and oxygen atoms in total. The Morgan fingerprint density at radius 3 is 2.69 bits per heavy atom. The topological polar surface area (TPSA) is 26.0 Å². The Morgan fingerprint density at radius 2 is 2.15 bits per heavy atom. The normalized spacial score (nSPS) is 12.5. The minimum Gasteiger partial charge on any atom is -0.324 e. The van der Waals surface area contributed by atoms with Crippen LogP contribution in [0.4, 0.5) is 0 Å². The fraction of sp³-hybridized carbons (Fsp3) is 0.333. The fourth-order valence-electron chi connectivity index (χ4n) is 1.55. The molecular weight excluding hydrogens is 158 g/mol. The highest BCUT2D eigenvalue weighted by Crippen LogP contribution is 2.19. The molecule has 70 valence electrons. The van der Waals surface area contributed by atoms with Crippen LogP contribution >= 0.6 is 0 Å². The second-order valence-electron chi connectivity index (χ2n) is 3.49. The van der Waals surface area contributed by atoms with E-state index in [2.05, 4.69) is 38.6 Å². The third-order valence-corrected chi connectivity index (χ3v) is 2.25. The molecule has 0 saturated heterocycles. The zero-order chi connectivity index (χ0) is 9.84. The van der Waals surface area contributed by atoms with Crippen molar-refractivity contribution in [2.45, 2.75) is 26.3 Å². The van der Waals surface area contributed by atoms with Crippen molar-refractivity contribution in [1.82, 2.24) is 0 Å². The van der Waals surface area contributed by atoms with E-state index in [-0.39, 0.29) is 6.04 Å². The first-order valence-corrected chi connectivity index (χ1v) is 4.58. The maximum absolute atomic E-state index is 5.99. The molecule has 0 bridgehead atoms. The molecular formula is C12H17N. The van der Waals surface area contributed by atoms with Gasteiger partial charge in [-0.1, -0.05) is 29.8 Å². The zero-order valence-corrected chi connectivity index (χ0v) is 8.38. The lowest BCUT2D eigenvalue weighted by molar-refractivity contribution is 0.735. The second kappa shape index (κ2) is 4.24. The van der Waals surface area contributed by atoms with Crippen molar-refractivity contribution >= 4 is 0 Å². The molecule has 0 aliphatic carbocycles. The molecule has 0 fully saturated rings. The van der Waals surface area contributed by atoms with Crippen LogP contribution in [0.5, 0.6) is 0 Å². The van der Waals surface area contributed by atoms with E-state index in [4.69, 9.17) is 5.73 Å². The highest BCUT2D eigenvalue weighted by molar-refractivity contribution is 5.32. The van der Waals surface area contributed by atoms with Crippen molar-refractivity contribution in [2.75, 3.05) is 0 Å². The van der Waals surface area contributed by atoms with Gasteiger partial charge in [0.25, 0.3) is 0 Å². The summed E-state index contributed by atoms with van der Waals surface area (Å²) in [6, 6.07) is 6.47. The van der Waals surface area contributed by atoms with Crippen LogP contribution in [-0.4, -0.2) is 0 Å². The maximum Gasteiger partial charge on any atom is 0.0332 e. The molecule has 2 N–H and O–H groups in total. The van der Waals surface area contributed by atoms with E-state index in [1.54, 1.807) is 0 Å². The number of hydrogen-bond acceptors (Lipinski definition) is 1. The molecule has 1 aromatic rings. The summed E-state index contributed by atoms with van der Waals surface area (Å²) in [5.74, 6) is 0. The van der Waals surface area contributed by atoms with Gasteiger partial charge in [0.2, 0.25) is 0 Å². The summed E-state index contributed by atoms with van der Waals surface area (Å²) in [6.45, 7) is 7.89. The first-order chi connectivity index (χ1) is 6.15. The van der Waals surface area contributed by atoms with Crippen LogP contribution in [0.25, 0.3) is 0 Å². The van der Waals surface area contributed by atoms with Gasteiger partial charge in [0.1, 0.15) is 0 Å². The van der Waals surface area contributed by atoms with Crippen LogP contribution in [-0.2, 0) is 0 Å². The van der Waals surface area contributed by atoms with Crippen molar-refractivity contribution in [2.24, 2.45) is 5.73 Å². The Morgan fingerprint density at radius 1 is 1.46 bits per heavy atom. The summed E-state index contributed by atoms with van der Waals surface area (Å²) in [7, 11) is 0. The van der Waals surface area contributed by atoms with Crippen molar-refractivity contribution in [1.29, 1.82) is 0 Å². The minimum absolute atomic E-state index is 0.0955. The first-order valence-electron chi connectivity index (χ1n) is 4.58. The molecule has 1 aromatic carbocycles. The minimum atomic E-state index is 0.0955. The molecule has 0 unspecified atom stereocenters. The van der Waals surface area contributed by atoms with Gasteiger partial charge >= 0.3 is 0 Å². The van der Waals surface area contributed by atoms with Gasteiger partial charge in [0.15, 0.2) is 0 Å². The first kappa shape index (κ1) is 10.0. The Hall–Kier alpha value is -1.08. The number of benzene rings is 1. The summed E-state index contributed by atoms with van der Waals surface area (Å²) < 4.78 is 0. The molecule has 1 atom stereocenters. The summed E-state index contributed by atoms with van der Waals surface area (Å²) in [6.07, 6.45) is 2.70. The Balaban J connectivity index is 2.94. The van der Waals surface area contributed by atoms with Crippen LogP contribution < -0.4 is 5.73 Å². The van der Waals surface area contributed by atoms with Crippen molar-refractivity contribution in [3.63, 3.8) is 0 Å².